The number of hydrogen-bond donors (Lipinski definition) is 0. The van der Waals surface area contributed by atoms with Gasteiger partial charge in [0.05, 0.1) is 28.2 Å². The van der Waals surface area contributed by atoms with E-state index >= 15 is 4.39 Å². The van der Waals surface area contributed by atoms with Crippen LogP contribution < -0.4 is 9.47 Å². The minimum absolute atomic E-state index is 0.0830. The second-order valence-corrected chi connectivity index (χ2v) is 8.78. The minimum Gasteiger partial charge on any atom is -0.490 e. The highest BCUT2D eigenvalue weighted by molar-refractivity contribution is 6.43. The van der Waals surface area contributed by atoms with Gasteiger partial charge in [-0.05, 0) is 43.7 Å². The molecule has 34 heavy (non-hydrogen) atoms. The highest BCUT2D eigenvalue weighted by atomic mass is 35.5. The van der Waals surface area contributed by atoms with Crippen LogP contribution in [0.4, 0.5) is 4.39 Å². The van der Waals surface area contributed by atoms with Crippen molar-refractivity contribution in [1.82, 2.24) is 9.78 Å². The Kier molecular flexibility index (Phi) is 7.67. The van der Waals surface area contributed by atoms with Crippen LogP contribution >= 0.6 is 34.8 Å². The van der Waals surface area contributed by atoms with Crippen molar-refractivity contribution < 1.29 is 13.9 Å². The third-order valence-corrected chi connectivity index (χ3v) is 6.29. The second kappa shape index (κ2) is 10.7. The van der Waals surface area contributed by atoms with Crippen molar-refractivity contribution in [3.8, 4) is 34.0 Å². The fourth-order valence-corrected chi connectivity index (χ4v) is 4.23. The van der Waals surface area contributed by atoms with Crippen molar-refractivity contribution in [2.24, 2.45) is 0 Å². The van der Waals surface area contributed by atoms with Gasteiger partial charge in [0.25, 0.3) is 0 Å². The molecule has 0 aliphatic heterocycles. The van der Waals surface area contributed by atoms with Crippen LogP contribution in [0, 0.1) is 12.7 Å². The molecule has 0 aliphatic rings. The molecule has 0 fully saturated rings. The molecule has 4 nitrogen and oxygen atoms in total. The molecule has 1 heterocycles. The summed E-state index contributed by atoms with van der Waals surface area (Å²) < 4.78 is 28.0. The number of aromatic nitrogens is 2. The van der Waals surface area contributed by atoms with Gasteiger partial charge in [0.1, 0.15) is 18.1 Å². The summed E-state index contributed by atoms with van der Waals surface area (Å²) in [5, 5.41) is 5.79. The molecule has 1 aromatic heterocycles. The molecule has 0 saturated heterocycles. The Balaban J connectivity index is 1.51. The lowest BCUT2D eigenvalue weighted by Crippen LogP contribution is -2.12. The lowest BCUT2D eigenvalue weighted by molar-refractivity contribution is 0.253. The Hall–Kier alpha value is -2.73. The maximum absolute atomic E-state index is 15.1. The van der Waals surface area contributed by atoms with Gasteiger partial charge < -0.3 is 9.47 Å². The van der Waals surface area contributed by atoms with Crippen LogP contribution in [0.1, 0.15) is 12.5 Å². The van der Waals surface area contributed by atoms with E-state index in [2.05, 4.69) is 5.10 Å². The van der Waals surface area contributed by atoms with Crippen LogP contribution in [0.2, 0.25) is 15.1 Å². The Morgan fingerprint density at radius 1 is 0.912 bits per heavy atom. The molecule has 4 rings (SSSR count). The second-order valence-electron chi connectivity index (χ2n) is 7.59. The van der Waals surface area contributed by atoms with Gasteiger partial charge in [0.15, 0.2) is 0 Å². The average Bonchev–Trinajstić information content (AvgIpc) is 3.12. The molecule has 0 radical (unpaired) electrons. The summed E-state index contributed by atoms with van der Waals surface area (Å²) in [4.78, 5) is 0. The van der Waals surface area contributed by atoms with Gasteiger partial charge >= 0.3 is 0 Å². The minimum atomic E-state index is -0.492. The van der Waals surface area contributed by atoms with Crippen molar-refractivity contribution in [2.45, 2.75) is 20.4 Å². The van der Waals surface area contributed by atoms with Crippen molar-refractivity contribution in [3.63, 3.8) is 0 Å². The monoisotopic (exact) mass is 518 g/mol. The predicted octanol–water partition coefficient (Wildman–Crippen LogP) is 8.10. The number of halogens is 4. The van der Waals surface area contributed by atoms with Gasteiger partial charge in [-0.1, -0.05) is 76.8 Å². The largest absolute Gasteiger partial charge is 0.490 e. The SMILES string of the molecule is CCOc1c(F)c(-c2cccc(C)c2)nn1CCOc1ccc(-c2cccc(Cl)c2Cl)cc1Cl. The molecule has 0 unspecified atom stereocenters. The van der Waals surface area contributed by atoms with E-state index in [0.717, 1.165) is 16.7 Å². The summed E-state index contributed by atoms with van der Waals surface area (Å²) >= 11 is 18.9. The van der Waals surface area contributed by atoms with E-state index in [1.165, 1.54) is 4.68 Å². The molecule has 0 bridgehead atoms. The van der Waals surface area contributed by atoms with Gasteiger partial charge in [0, 0.05) is 11.1 Å². The lowest BCUT2D eigenvalue weighted by Gasteiger charge is -2.12. The number of nitrogens with zero attached hydrogens (tertiary/aromatic N) is 2. The molecule has 0 amide bonds. The van der Waals surface area contributed by atoms with Gasteiger partial charge in [0.2, 0.25) is 11.7 Å². The first-order valence-corrected chi connectivity index (χ1v) is 11.8. The zero-order chi connectivity index (χ0) is 24.2. The number of ether oxygens (including phenoxy) is 2. The molecule has 3 aromatic carbocycles. The van der Waals surface area contributed by atoms with Crippen molar-refractivity contribution >= 4 is 34.8 Å². The van der Waals surface area contributed by atoms with Crippen LogP contribution in [0.3, 0.4) is 0 Å². The molecule has 4 aromatic rings. The van der Waals surface area contributed by atoms with Crippen LogP contribution in [0.5, 0.6) is 11.6 Å². The van der Waals surface area contributed by atoms with Crippen LogP contribution in [-0.4, -0.2) is 23.0 Å². The van der Waals surface area contributed by atoms with Crippen LogP contribution in [0.25, 0.3) is 22.4 Å². The maximum atomic E-state index is 15.1. The van der Waals surface area contributed by atoms with Crippen LogP contribution in [0.15, 0.2) is 60.7 Å². The molecular formula is C26H22Cl3FN2O2. The third kappa shape index (κ3) is 5.17. The topological polar surface area (TPSA) is 36.3 Å². The first kappa shape index (κ1) is 24.4. The highest BCUT2D eigenvalue weighted by Gasteiger charge is 2.21. The Morgan fingerprint density at radius 2 is 1.71 bits per heavy atom. The Bertz CT molecular complexity index is 1320. The molecule has 8 heteroatoms. The molecule has 0 spiro atoms. The normalized spacial score (nSPS) is 11.0. The number of hydrogen-bond acceptors (Lipinski definition) is 3. The molecule has 0 atom stereocenters. The molecule has 0 aliphatic carbocycles. The fourth-order valence-electron chi connectivity index (χ4n) is 3.58. The van der Waals surface area contributed by atoms with Crippen LogP contribution in [-0.2, 0) is 6.54 Å². The first-order valence-electron chi connectivity index (χ1n) is 10.7. The molecule has 176 valence electrons. The molecular weight excluding hydrogens is 498 g/mol. The summed E-state index contributed by atoms with van der Waals surface area (Å²) in [7, 11) is 0. The van der Waals surface area contributed by atoms with Gasteiger partial charge in [-0.15, -0.1) is 0 Å². The maximum Gasteiger partial charge on any atom is 0.249 e. The fraction of sp³-hybridized carbons (Fsp3) is 0.192. The highest BCUT2D eigenvalue weighted by Crippen LogP contribution is 2.37. The number of benzene rings is 3. The third-order valence-electron chi connectivity index (χ3n) is 5.18. The van der Waals surface area contributed by atoms with E-state index in [9.17, 15) is 0 Å². The zero-order valence-corrected chi connectivity index (χ0v) is 20.9. The van der Waals surface area contributed by atoms with Crippen molar-refractivity contribution in [1.29, 1.82) is 0 Å². The van der Waals surface area contributed by atoms with Crippen molar-refractivity contribution in [2.75, 3.05) is 13.2 Å². The van der Waals surface area contributed by atoms with E-state index in [1.54, 1.807) is 25.1 Å². The zero-order valence-electron chi connectivity index (χ0n) is 18.6. The van der Waals surface area contributed by atoms with E-state index in [0.29, 0.717) is 33.0 Å². The molecule has 0 N–H and O–H groups in total. The van der Waals surface area contributed by atoms with E-state index in [4.69, 9.17) is 44.3 Å². The summed E-state index contributed by atoms with van der Waals surface area (Å²) in [6.45, 7) is 4.55. The Labute approximate surface area is 212 Å². The van der Waals surface area contributed by atoms with E-state index < -0.39 is 5.82 Å². The number of rotatable bonds is 8. The summed E-state index contributed by atoms with van der Waals surface area (Å²) in [6.07, 6.45) is 0. The summed E-state index contributed by atoms with van der Waals surface area (Å²) in [5.41, 5.74) is 3.55. The van der Waals surface area contributed by atoms with E-state index in [1.807, 2.05) is 49.4 Å². The smallest absolute Gasteiger partial charge is 0.249 e. The van der Waals surface area contributed by atoms with Gasteiger partial charge in [-0.3, -0.25) is 0 Å². The first-order chi connectivity index (χ1) is 16.4. The summed E-state index contributed by atoms with van der Waals surface area (Å²) in [6, 6.07) is 18.3. The summed E-state index contributed by atoms with van der Waals surface area (Å²) in [5.74, 6) is 0.0842. The van der Waals surface area contributed by atoms with Gasteiger partial charge in [-0.25, -0.2) is 4.68 Å². The lowest BCUT2D eigenvalue weighted by atomic mass is 10.1. The quantitative estimate of drug-likeness (QED) is 0.236. The van der Waals surface area contributed by atoms with Gasteiger partial charge in [-0.2, -0.15) is 9.49 Å². The standard InChI is InChI=1S/C26H22Cl3FN2O2/c1-3-33-26-24(30)25(18-7-4-6-16(2)14-18)31-32(26)12-13-34-22-11-10-17(15-21(22)28)19-8-5-9-20(27)23(19)29/h4-11,14-15H,3,12-13H2,1-2H3. The average molecular weight is 520 g/mol. The van der Waals surface area contributed by atoms with Crippen molar-refractivity contribution in [3.05, 3.63) is 87.1 Å². The van der Waals surface area contributed by atoms with E-state index in [-0.39, 0.29) is 24.7 Å². The number of aryl methyl sites for hydroxylation is 1. The Morgan fingerprint density at radius 3 is 2.44 bits per heavy atom. The molecule has 0 saturated carbocycles. The predicted molar refractivity (Wildman–Crippen MR) is 136 cm³/mol.